The molecule has 0 aliphatic rings. The molecule has 8 nitrogen and oxygen atoms in total. The molecule has 3 aromatic rings. The first-order valence-corrected chi connectivity index (χ1v) is 12.1. The maximum Gasteiger partial charge on any atom is 0.295 e. The lowest BCUT2D eigenvalue weighted by Crippen LogP contribution is -2.07. The monoisotopic (exact) mass is 511 g/mol. The van der Waals surface area contributed by atoms with Gasteiger partial charge in [0.05, 0.1) is 20.5 Å². The van der Waals surface area contributed by atoms with Crippen molar-refractivity contribution in [2.75, 3.05) is 0 Å². The number of rotatable bonds is 5. The Morgan fingerprint density at radius 2 is 1.38 bits per heavy atom. The molecule has 0 radical (unpaired) electrons. The highest BCUT2D eigenvalue weighted by Crippen LogP contribution is 2.31. The minimum absolute atomic E-state index is 0.00876. The van der Waals surface area contributed by atoms with Crippen molar-refractivity contribution in [3.63, 3.8) is 0 Å². The molecule has 3 rings (SSSR count). The van der Waals surface area contributed by atoms with Crippen LogP contribution < -0.4 is 0 Å². The molecule has 0 heterocycles. The van der Waals surface area contributed by atoms with E-state index in [1.54, 1.807) is 6.07 Å². The number of benzene rings is 3. The van der Waals surface area contributed by atoms with Crippen LogP contribution in [-0.2, 0) is 20.2 Å². The lowest BCUT2D eigenvalue weighted by atomic mass is 9.98. The van der Waals surface area contributed by atoms with Gasteiger partial charge in [-0.25, -0.2) is 0 Å². The van der Waals surface area contributed by atoms with Crippen LogP contribution in [0.5, 0.6) is 0 Å². The zero-order valence-electron chi connectivity index (χ0n) is 15.7. The fourth-order valence-electron chi connectivity index (χ4n) is 2.90. The second-order valence-electron chi connectivity index (χ2n) is 6.44. The van der Waals surface area contributed by atoms with Gasteiger partial charge in [0.15, 0.2) is 5.78 Å². The van der Waals surface area contributed by atoms with E-state index in [1.807, 2.05) is 0 Å². The maximum absolute atomic E-state index is 12.9. The molecule has 0 amide bonds. The molecule has 164 valence electrons. The Hall–Kier alpha value is -2.78. The highest BCUT2D eigenvalue weighted by molar-refractivity contribution is 7.86. The highest BCUT2D eigenvalue weighted by Gasteiger charge is 2.22. The van der Waals surface area contributed by atoms with Gasteiger partial charge in [-0.15, -0.1) is 0 Å². The number of ketones is 1. The lowest BCUT2D eigenvalue weighted by Gasteiger charge is -2.11. The molecule has 0 saturated heterocycles. The fraction of sp³-hybridized carbons (Fsp3) is 0. The number of carbonyl (C=O) groups excluding carboxylic acids is 1. The van der Waals surface area contributed by atoms with Gasteiger partial charge in [0.1, 0.15) is 11.0 Å². The van der Waals surface area contributed by atoms with Crippen molar-refractivity contribution in [1.82, 2.24) is 0 Å². The molecule has 0 aliphatic carbocycles. The fourth-order valence-corrected chi connectivity index (χ4v) is 4.69. The van der Waals surface area contributed by atoms with Gasteiger partial charge in [-0.1, -0.05) is 47.5 Å². The van der Waals surface area contributed by atoms with Crippen molar-refractivity contribution in [3.05, 3.63) is 81.3 Å². The molecule has 32 heavy (non-hydrogen) atoms. The average molecular weight is 512 g/mol. The summed E-state index contributed by atoms with van der Waals surface area (Å²) in [5.74, 6) is -0.670. The SMILES string of the molecule is N#Cc1c(Cl)cc(C(=O)c2ccc(-c3ccc(S(=O)(=O)O)cc3)c(S(=O)(=O)O)c2)cc1Cl. The predicted molar refractivity (Wildman–Crippen MR) is 116 cm³/mol. The Kier molecular flexibility index (Phi) is 6.44. The minimum atomic E-state index is -4.80. The third-order valence-electron chi connectivity index (χ3n) is 4.40. The van der Waals surface area contributed by atoms with Crippen molar-refractivity contribution in [1.29, 1.82) is 5.26 Å². The second-order valence-corrected chi connectivity index (χ2v) is 10.1. The van der Waals surface area contributed by atoms with Gasteiger partial charge in [-0.05, 0) is 35.9 Å². The molecule has 0 saturated carbocycles. The van der Waals surface area contributed by atoms with E-state index in [2.05, 4.69) is 0 Å². The summed E-state index contributed by atoms with van der Waals surface area (Å²) in [6.07, 6.45) is 0. The van der Waals surface area contributed by atoms with Gasteiger partial charge in [0.25, 0.3) is 20.2 Å². The van der Waals surface area contributed by atoms with Crippen LogP contribution >= 0.6 is 23.2 Å². The van der Waals surface area contributed by atoms with E-state index in [-0.39, 0.29) is 37.9 Å². The maximum atomic E-state index is 12.9. The summed E-state index contributed by atoms with van der Waals surface area (Å²) < 4.78 is 65.1. The van der Waals surface area contributed by atoms with Crippen LogP contribution in [0.15, 0.2) is 64.4 Å². The molecular formula is C20H11Cl2NO7S2. The molecule has 0 aliphatic heterocycles. The van der Waals surface area contributed by atoms with Crippen molar-refractivity contribution >= 4 is 49.2 Å². The van der Waals surface area contributed by atoms with Gasteiger partial charge in [-0.3, -0.25) is 13.9 Å². The first-order valence-electron chi connectivity index (χ1n) is 8.46. The number of halogens is 2. The quantitative estimate of drug-likeness (QED) is 0.381. The average Bonchev–Trinajstić information content (AvgIpc) is 2.71. The number of nitriles is 1. The zero-order valence-corrected chi connectivity index (χ0v) is 18.8. The molecule has 2 N–H and O–H groups in total. The summed E-state index contributed by atoms with van der Waals surface area (Å²) >= 11 is 11.9. The van der Waals surface area contributed by atoms with Crippen LogP contribution in [0, 0.1) is 11.3 Å². The van der Waals surface area contributed by atoms with E-state index in [4.69, 9.17) is 33.0 Å². The largest absolute Gasteiger partial charge is 0.295 e. The van der Waals surface area contributed by atoms with Crippen molar-refractivity contribution in [2.45, 2.75) is 9.79 Å². The topological polar surface area (TPSA) is 150 Å². The molecule has 0 spiro atoms. The Morgan fingerprint density at radius 1 is 0.812 bits per heavy atom. The summed E-state index contributed by atoms with van der Waals surface area (Å²) in [6, 6.07) is 12.3. The van der Waals surface area contributed by atoms with Crippen LogP contribution in [0.2, 0.25) is 10.0 Å². The molecule has 0 bridgehead atoms. The first kappa shape index (κ1) is 23.9. The normalized spacial score (nSPS) is 11.7. The molecule has 0 atom stereocenters. The highest BCUT2D eigenvalue weighted by atomic mass is 35.5. The van der Waals surface area contributed by atoms with Gasteiger partial charge in [0, 0.05) is 16.7 Å². The van der Waals surface area contributed by atoms with Gasteiger partial charge >= 0.3 is 0 Å². The van der Waals surface area contributed by atoms with E-state index in [9.17, 15) is 26.2 Å². The van der Waals surface area contributed by atoms with E-state index in [1.165, 1.54) is 36.4 Å². The lowest BCUT2D eigenvalue weighted by molar-refractivity contribution is 0.103. The van der Waals surface area contributed by atoms with Crippen molar-refractivity contribution < 1.29 is 30.7 Å². The summed E-state index contributed by atoms with van der Waals surface area (Å²) in [5.41, 5.74) is 0.0424. The molecule has 12 heteroatoms. The van der Waals surface area contributed by atoms with Gasteiger partial charge in [-0.2, -0.15) is 22.1 Å². The Morgan fingerprint density at radius 3 is 1.84 bits per heavy atom. The summed E-state index contributed by atoms with van der Waals surface area (Å²) in [7, 11) is -9.26. The van der Waals surface area contributed by atoms with Crippen molar-refractivity contribution in [3.8, 4) is 17.2 Å². The molecule has 0 unspecified atom stereocenters. The van der Waals surface area contributed by atoms with Crippen LogP contribution in [0.4, 0.5) is 0 Å². The third-order valence-corrected chi connectivity index (χ3v) is 6.76. The van der Waals surface area contributed by atoms with Gasteiger partial charge < -0.3 is 0 Å². The Bertz CT molecular complexity index is 1490. The third kappa shape index (κ3) is 4.83. The summed E-state index contributed by atoms with van der Waals surface area (Å²) in [4.78, 5) is 11.9. The molecule has 3 aromatic carbocycles. The number of hydrogen-bond acceptors (Lipinski definition) is 6. The Labute approximate surface area is 193 Å². The number of nitrogens with zero attached hydrogens (tertiary/aromatic N) is 1. The number of carbonyl (C=O) groups is 1. The van der Waals surface area contributed by atoms with E-state index in [0.29, 0.717) is 0 Å². The summed E-state index contributed by atoms with van der Waals surface area (Å²) in [6.45, 7) is 0. The van der Waals surface area contributed by atoms with Crippen LogP contribution in [-0.4, -0.2) is 31.7 Å². The summed E-state index contributed by atoms with van der Waals surface area (Å²) in [5, 5.41) is 8.90. The molecule has 0 fully saturated rings. The van der Waals surface area contributed by atoms with Crippen molar-refractivity contribution in [2.24, 2.45) is 0 Å². The molecule has 0 aromatic heterocycles. The van der Waals surface area contributed by atoms with Crippen LogP contribution in [0.3, 0.4) is 0 Å². The smallest absolute Gasteiger partial charge is 0.289 e. The zero-order chi connectivity index (χ0) is 23.8. The Balaban J connectivity index is 2.12. The predicted octanol–water partition coefficient (Wildman–Crippen LogP) is 4.26. The van der Waals surface area contributed by atoms with Crippen LogP contribution in [0.1, 0.15) is 21.5 Å². The molecular weight excluding hydrogens is 501 g/mol. The van der Waals surface area contributed by atoms with E-state index < -0.39 is 35.8 Å². The second kappa shape index (κ2) is 8.63. The standard InChI is InChI=1S/C20H11Cl2NO7S2/c21-17-7-13(8-18(22)16(17)10-23)20(24)12-3-6-15(19(9-12)32(28,29)30)11-1-4-14(5-2-11)31(25,26)27/h1-9H,(H,25,26,27)(H,28,29,30). The van der Waals surface area contributed by atoms with Gasteiger partial charge in [0.2, 0.25) is 0 Å². The van der Waals surface area contributed by atoms with E-state index >= 15 is 0 Å². The minimum Gasteiger partial charge on any atom is -0.289 e. The number of hydrogen-bond donors (Lipinski definition) is 2. The van der Waals surface area contributed by atoms with Crippen LogP contribution in [0.25, 0.3) is 11.1 Å². The first-order chi connectivity index (χ1) is 14.8. The van der Waals surface area contributed by atoms with E-state index in [0.717, 1.165) is 18.2 Å².